The summed E-state index contributed by atoms with van der Waals surface area (Å²) in [5.41, 5.74) is 2.54. The normalized spacial score (nSPS) is 19.1. The lowest BCUT2D eigenvalue weighted by Crippen LogP contribution is -2.38. The van der Waals surface area contributed by atoms with Crippen LogP contribution in [0.15, 0.2) is 76.8 Å². The Morgan fingerprint density at radius 1 is 1.15 bits per heavy atom. The van der Waals surface area contributed by atoms with Gasteiger partial charge in [0.15, 0.2) is 0 Å². The molecule has 5 heteroatoms. The molecule has 33 heavy (non-hydrogen) atoms. The molecule has 1 aliphatic carbocycles. The summed E-state index contributed by atoms with van der Waals surface area (Å²) in [4.78, 5) is 27.1. The molecule has 1 aliphatic heterocycles. The van der Waals surface area contributed by atoms with Gasteiger partial charge in [-0.15, -0.1) is 0 Å². The fraction of sp³-hybridized carbons (Fsp3) is 0.429. The number of piperidine rings is 1. The van der Waals surface area contributed by atoms with Gasteiger partial charge in [-0.05, 0) is 74.4 Å². The van der Waals surface area contributed by atoms with E-state index in [1.165, 1.54) is 0 Å². The van der Waals surface area contributed by atoms with Crippen molar-refractivity contribution in [3.8, 4) is 0 Å². The number of carbonyl (C=O) groups is 2. The first-order chi connectivity index (χ1) is 16.0. The molecule has 0 radical (unpaired) electrons. The summed E-state index contributed by atoms with van der Waals surface area (Å²) in [5.74, 6) is 1.00. The Labute approximate surface area is 206 Å². The summed E-state index contributed by atoms with van der Waals surface area (Å²) in [6.07, 6.45) is 16.2. The maximum atomic E-state index is 12.7. The van der Waals surface area contributed by atoms with Crippen molar-refractivity contribution in [2.75, 3.05) is 19.6 Å². The zero-order valence-electron chi connectivity index (χ0n) is 19.6. The van der Waals surface area contributed by atoms with Crippen LogP contribution in [-0.2, 0) is 4.79 Å². The van der Waals surface area contributed by atoms with Crippen LogP contribution in [0.5, 0.6) is 0 Å². The van der Waals surface area contributed by atoms with Crippen molar-refractivity contribution in [1.29, 1.82) is 0 Å². The summed E-state index contributed by atoms with van der Waals surface area (Å²) in [6.45, 7) is 8.45. The molecule has 1 fully saturated rings. The first kappa shape index (κ1) is 25.2. The maximum Gasteiger partial charge on any atom is 0.253 e. The van der Waals surface area contributed by atoms with Crippen molar-refractivity contribution in [1.82, 2.24) is 10.2 Å². The number of carbonyl (C=O) groups excluding carboxylic acids is 2. The second-order valence-corrected chi connectivity index (χ2v) is 9.85. The van der Waals surface area contributed by atoms with Crippen molar-refractivity contribution in [3.05, 3.63) is 82.4 Å². The van der Waals surface area contributed by atoms with E-state index < -0.39 is 0 Å². The van der Waals surface area contributed by atoms with Crippen molar-refractivity contribution in [3.63, 3.8) is 0 Å². The smallest absolute Gasteiger partial charge is 0.253 e. The lowest BCUT2D eigenvalue weighted by Gasteiger charge is -2.32. The molecule has 1 atom stereocenters. The van der Waals surface area contributed by atoms with Gasteiger partial charge < -0.3 is 10.2 Å². The van der Waals surface area contributed by atoms with Crippen molar-refractivity contribution in [2.24, 2.45) is 11.8 Å². The highest BCUT2D eigenvalue weighted by Gasteiger charge is 2.23. The number of nitrogens with one attached hydrogen (secondary N) is 1. The van der Waals surface area contributed by atoms with Gasteiger partial charge in [-0.3, -0.25) is 9.59 Å². The van der Waals surface area contributed by atoms with Gasteiger partial charge >= 0.3 is 0 Å². The van der Waals surface area contributed by atoms with Crippen LogP contribution < -0.4 is 5.32 Å². The Balaban J connectivity index is 1.32. The van der Waals surface area contributed by atoms with Crippen LogP contribution in [0.3, 0.4) is 0 Å². The van der Waals surface area contributed by atoms with E-state index in [1.807, 2.05) is 60.4 Å². The van der Waals surface area contributed by atoms with Crippen LogP contribution >= 0.6 is 15.9 Å². The SMILES string of the molecule is C=C1C=CC(C(=O)NCCCCC2CCN(C(=O)c3ccc(Br)cc3)CC2)=CC1CC=CC. The third kappa shape index (κ3) is 7.56. The predicted octanol–water partition coefficient (Wildman–Crippen LogP) is 6.22. The molecule has 4 nitrogen and oxygen atoms in total. The van der Waals surface area contributed by atoms with E-state index in [0.717, 1.165) is 72.8 Å². The number of hydrogen-bond acceptors (Lipinski definition) is 2. The second kappa shape index (κ2) is 12.7. The minimum absolute atomic E-state index is 0.00369. The molecule has 1 N–H and O–H groups in total. The number of unbranched alkanes of at least 4 members (excludes halogenated alkanes) is 1. The van der Waals surface area contributed by atoms with Gasteiger partial charge in [0.1, 0.15) is 0 Å². The first-order valence-electron chi connectivity index (χ1n) is 12.0. The number of halogens is 1. The van der Waals surface area contributed by atoms with Gasteiger partial charge in [0.25, 0.3) is 11.8 Å². The van der Waals surface area contributed by atoms with Crippen LogP contribution in [0.4, 0.5) is 0 Å². The zero-order chi connectivity index (χ0) is 23.6. The second-order valence-electron chi connectivity index (χ2n) is 8.94. The van der Waals surface area contributed by atoms with E-state index in [0.29, 0.717) is 12.5 Å². The molecule has 2 aliphatic rings. The van der Waals surface area contributed by atoms with Gasteiger partial charge in [-0.1, -0.05) is 59.7 Å². The zero-order valence-corrected chi connectivity index (χ0v) is 21.1. The number of likely N-dealkylation sites (tertiary alicyclic amines) is 1. The summed E-state index contributed by atoms with van der Waals surface area (Å²) in [6, 6.07) is 7.59. The Hall–Kier alpha value is -2.40. The number of rotatable bonds is 9. The Kier molecular flexibility index (Phi) is 9.74. The van der Waals surface area contributed by atoms with Crippen LogP contribution in [0.2, 0.25) is 0 Å². The molecule has 1 unspecified atom stereocenters. The van der Waals surface area contributed by atoms with Crippen molar-refractivity contribution >= 4 is 27.7 Å². The highest BCUT2D eigenvalue weighted by atomic mass is 79.9. The molecule has 0 saturated carbocycles. The summed E-state index contributed by atoms with van der Waals surface area (Å²) in [5, 5.41) is 3.06. The number of hydrogen-bond donors (Lipinski definition) is 1. The Bertz CT molecular complexity index is 922. The van der Waals surface area contributed by atoms with Gasteiger partial charge in [0.2, 0.25) is 0 Å². The summed E-state index contributed by atoms with van der Waals surface area (Å²) in [7, 11) is 0. The minimum Gasteiger partial charge on any atom is -0.352 e. The number of allylic oxidation sites excluding steroid dienone is 5. The standard InChI is InChI=1S/C28H35BrN2O2/c1-3-4-8-24-20-25(10-9-21(24)2)27(32)30-17-6-5-7-22-15-18-31(19-16-22)28(33)23-11-13-26(29)14-12-23/h3-4,9-14,20,22,24H,2,5-8,15-19H2,1H3,(H,30,32). The van der Waals surface area contributed by atoms with Crippen LogP contribution in [-0.4, -0.2) is 36.3 Å². The highest BCUT2D eigenvalue weighted by molar-refractivity contribution is 9.10. The minimum atomic E-state index is 0.00369. The molecule has 0 aromatic heterocycles. The summed E-state index contributed by atoms with van der Waals surface area (Å²) < 4.78 is 0.986. The molecule has 176 valence electrons. The van der Waals surface area contributed by atoms with E-state index in [1.54, 1.807) is 0 Å². The molecule has 1 saturated heterocycles. The van der Waals surface area contributed by atoms with Gasteiger partial charge in [0.05, 0.1) is 0 Å². The van der Waals surface area contributed by atoms with E-state index in [9.17, 15) is 9.59 Å². The van der Waals surface area contributed by atoms with Crippen LogP contribution in [0, 0.1) is 11.8 Å². The van der Waals surface area contributed by atoms with Crippen molar-refractivity contribution < 1.29 is 9.59 Å². The average Bonchev–Trinajstić information content (AvgIpc) is 2.83. The number of benzene rings is 1. The van der Waals surface area contributed by atoms with E-state index in [-0.39, 0.29) is 17.7 Å². The molecular formula is C28H35BrN2O2. The molecule has 0 bridgehead atoms. The highest BCUT2D eigenvalue weighted by Crippen LogP contribution is 2.25. The van der Waals surface area contributed by atoms with Gasteiger partial charge in [-0.25, -0.2) is 0 Å². The molecule has 2 amide bonds. The van der Waals surface area contributed by atoms with Crippen LogP contribution in [0.1, 0.15) is 55.8 Å². The Morgan fingerprint density at radius 3 is 2.58 bits per heavy atom. The average molecular weight is 512 g/mol. The first-order valence-corrected chi connectivity index (χ1v) is 12.8. The molecule has 1 heterocycles. The number of amides is 2. The fourth-order valence-corrected chi connectivity index (χ4v) is 4.68. The number of nitrogens with zero attached hydrogens (tertiary/aromatic N) is 1. The topological polar surface area (TPSA) is 49.4 Å². The fourth-order valence-electron chi connectivity index (χ4n) is 4.41. The van der Waals surface area contributed by atoms with Crippen molar-refractivity contribution in [2.45, 2.75) is 45.4 Å². The molecule has 3 rings (SSSR count). The molecule has 0 spiro atoms. The van der Waals surface area contributed by atoms with E-state index in [2.05, 4.69) is 33.9 Å². The van der Waals surface area contributed by atoms with Gasteiger partial charge in [0, 0.05) is 41.2 Å². The predicted molar refractivity (Wildman–Crippen MR) is 139 cm³/mol. The third-order valence-electron chi connectivity index (χ3n) is 6.54. The largest absolute Gasteiger partial charge is 0.352 e. The van der Waals surface area contributed by atoms with Gasteiger partial charge in [-0.2, -0.15) is 0 Å². The summed E-state index contributed by atoms with van der Waals surface area (Å²) >= 11 is 3.42. The molecule has 1 aromatic rings. The monoisotopic (exact) mass is 510 g/mol. The lowest BCUT2D eigenvalue weighted by molar-refractivity contribution is -0.117. The van der Waals surface area contributed by atoms with Crippen LogP contribution in [0.25, 0.3) is 0 Å². The maximum absolute atomic E-state index is 12.7. The third-order valence-corrected chi connectivity index (χ3v) is 7.07. The van der Waals surface area contributed by atoms with E-state index in [4.69, 9.17) is 0 Å². The Morgan fingerprint density at radius 2 is 1.88 bits per heavy atom. The molecular weight excluding hydrogens is 476 g/mol. The van der Waals surface area contributed by atoms with E-state index >= 15 is 0 Å². The molecule has 1 aromatic carbocycles. The lowest BCUT2D eigenvalue weighted by atomic mass is 9.89. The quantitative estimate of drug-likeness (QED) is 0.316.